The van der Waals surface area contributed by atoms with E-state index >= 15 is 0 Å². The van der Waals surface area contributed by atoms with Gasteiger partial charge in [0, 0.05) is 5.39 Å². The number of carbonyl (C=O) groups is 1. The van der Waals surface area contributed by atoms with Gasteiger partial charge in [-0.25, -0.2) is 9.97 Å². The number of amides is 1. The fourth-order valence-electron chi connectivity index (χ4n) is 3.58. The van der Waals surface area contributed by atoms with Crippen LogP contribution in [0.3, 0.4) is 0 Å². The molecular weight excluding hydrogens is 408 g/mol. The van der Waals surface area contributed by atoms with Gasteiger partial charge in [0.15, 0.2) is 5.16 Å². The Hall–Kier alpha value is -3.58. The third-order valence-electron chi connectivity index (χ3n) is 4.91. The first kappa shape index (κ1) is 19.4. The number of fused-ring (bicyclic) bond motifs is 5. The van der Waals surface area contributed by atoms with Crippen molar-refractivity contribution in [1.82, 2.24) is 14.4 Å². The van der Waals surface area contributed by atoms with Crippen LogP contribution in [0.4, 0.5) is 5.69 Å². The van der Waals surface area contributed by atoms with Crippen LogP contribution < -0.4 is 10.1 Å². The second-order valence-corrected chi connectivity index (χ2v) is 7.88. The van der Waals surface area contributed by atoms with E-state index in [1.807, 2.05) is 84.1 Å². The molecular formula is C24H20N4O2S. The summed E-state index contributed by atoms with van der Waals surface area (Å²) in [6.45, 7) is 2.45. The van der Waals surface area contributed by atoms with Gasteiger partial charge in [-0.05, 0) is 43.3 Å². The van der Waals surface area contributed by atoms with Gasteiger partial charge in [0.25, 0.3) is 0 Å². The van der Waals surface area contributed by atoms with E-state index in [0.29, 0.717) is 18.0 Å². The number of benzene rings is 3. The predicted molar refractivity (Wildman–Crippen MR) is 125 cm³/mol. The van der Waals surface area contributed by atoms with Crippen LogP contribution in [0.1, 0.15) is 6.92 Å². The molecule has 2 aromatic heterocycles. The molecule has 0 spiro atoms. The smallest absolute Gasteiger partial charge is 0.234 e. The van der Waals surface area contributed by atoms with E-state index in [1.165, 1.54) is 11.8 Å². The maximum Gasteiger partial charge on any atom is 0.234 e. The molecule has 0 aliphatic carbocycles. The van der Waals surface area contributed by atoms with Crippen molar-refractivity contribution in [1.29, 1.82) is 0 Å². The van der Waals surface area contributed by atoms with Crippen LogP contribution in [0.2, 0.25) is 0 Å². The van der Waals surface area contributed by atoms with Gasteiger partial charge in [-0.15, -0.1) is 0 Å². The molecule has 1 N–H and O–H groups in total. The lowest BCUT2D eigenvalue weighted by molar-refractivity contribution is -0.113. The van der Waals surface area contributed by atoms with Gasteiger partial charge in [-0.3, -0.25) is 9.20 Å². The van der Waals surface area contributed by atoms with Crippen molar-refractivity contribution < 1.29 is 9.53 Å². The molecule has 0 aliphatic rings. The van der Waals surface area contributed by atoms with E-state index in [9.17, 15) is 4.79 Å². The molecule has 0 fully saturated rings. The largest absolute Gasteiger partial charge is 0.492 e. The summed E-state index contributed by atoms with van der Waals surface area (Å²) >= 11 is 1.39. The van der Waals surface area contributed by atoms with E-state index < -0.39 is 0 Å². The van der Waals surface area contributed by atoms with Crippen molar-refractivity contribution in [3.8, 4) is 5.75 Å². The number of hydrogen-bond acceptors (Lipinski definition) is 5. The van der Waals surface area contributed by atoms with Crippen LogP contribution in [0.15, 0.2) is 78.0 Å². The Labute approximate surface area is 183 Å². The van der Waals surface area contributed by atoms with Gasteiger partial charge in [0.2, 0.25) is 5.91 Å². The SMILES string of the molecule is CCOc1ccccc1NC(=O)CSc1nc2ccccc2c2nc3ccccc3n12. The molecule has 2 heterocycles. The average molecular weight is 429 g/mol. The van der Waals surface area contributed by atoms with Gasteiger partial charge >= 0.3 is 0 Å². The second kappa shape index (κ2) is 8.28. The van der Waals surface area contributed by atoms with Crippen molar-refractivity contribution in [2.75, 3.05) is 17.7 Å². The number of rotatable bonds is 6. The molecule has 5 rings (SSSR count). The Kier molecular flexibility index (Phi) is 5.18. The van der Waals surface area contributed by atoms with Gasteiger partial charge < -0.3 is 10.1 Å². The number of aromatic nitrogens is 3. The van der Waals surface area contributed by atoms with Crippen molar-refractivity contribution in [2.45, 2.75) is 12.1 Å². The van der Waals surface area contributed by atoms with Gasteiger partial charge in [-0.1, -0.05) is 48.2 Å². The van der Waals surface area contributed by atoms with Crippen molar-refractivity contribution in [3.63, 3.8) is 0 Å². The lowest BCUT2D eigenvalue weighted by atomic mass is 10.2. The molecule has 0 radical (unpaired) electrons. The zero-order chi connectivity index (χ0) is 21.2. The van der Waals surface area contributed by atoms with Crippen molar-refractivity contribution in [3.05, 3.63) is 72.8 Å². The fourth-order valence-corrected chi connectivity index (χ4v) is 4.39. The minimum absolute atomic E-state index is 0.121. The van der Waals surface area contributed by atoms with Gasteiger partial charge in [0.1, 0.15) is 11.4 Å². The average Bonchev–Trinajstić information content (AvgIpc) is 3.19. The minimum Gasteiger partial charge on any atom is -0.492 e. The monoisotopic (exact) mass is 428 g/mol. The van der Waals surface area contributed by atoms with Crippen molar-refractivity contribution in [2.24, 2.45) is 0 Å². The van der Waals surface area contributed by atoms with Crippen LogP contribution in [-0.2, 0) is 4.79 Å². The molecule has 0 atom stereocenters. The lowest BCUT2D eigenvalue weighted by Gasteiger charge is -2.11. The highest BCUT2D eigenvalue weighted by molar-refractivity contribution is 7.99. The first-order valence-electron chi connectivity index (χ1n) is 10.0. The molecule has 31 heavy (non-hydrogen) atoms. The second-order valence-electron chi connectivity index (χ2n) is 6.94. The van der Waals surface area contributed by atoms with Crippen LogP contribution in [0, 0.1) is 0 Å². The maximum atomic E-state index is 12.7. The number of hydrogen-bond donors (Lipinski definition) is 1. The molecule has 0 bridgehead atoms. The topological polar surface area (TPSA) is 68.5 Å². The number of ether oxygens (including phenoxy) is 1. The van der Waals surface area contributed by atoms with E-state index in [2.05, 4.69) is 5.32 Å². The Morgan fingerprint density at radius 2 is 1.71 bits per heavy atom. The third-order valence-corrected chi connectivity index (χ3v) is 5.85. The number of nitrogens with zero attached hydrogens (tertiary/aromatic N) is 3. The quantitative estimate of drug-likeness (QED) is 0.299. The zero-order valence-corrected chi connectivity index (χ0v) is 17.7. The Morgan fingerprint density at radius 1 is 0.968 bits per heavy atom. The van der Waals surface area contributed by atoms with E-state index in [4.69, 9.17) is 14.7 Å². The Bertz CT molecular complexity index is 1410. The highest BCUT2D eigenvalue weighted by Crippen LogP contribution is 2.29. The molecule has 1 amide bonds. The fraction of sp³-hybridized carbons (Fsp3) is 0.125. The molecule has 0 aliphatic heterocycles. The highest BCUT2D eigenvalue weighted by Gasteiger charge is 2.15. The highest BCUT2D eigenvalue weighted by atomic mass is 32.2. The summed E-state index contributed by atoms with van der Waals surface area (Å²) in [5, 5.41) is 4.66. The summed E-state index contributed by atoms with van der Waals surface area (Å²) in [7, 11) is 0. The number of nitrogens with one attached hydrogen (secondary N) is 1. The van der Waals surface area contributed by atoms with E-state index in [0.717, 1.165) is 32.7 Å². The normalized spacial score (nSPS) is 11.3. The summed E-state index contributed by atoms with van der Waals surface area (Å²) < 4.78 is 7.63. The first-order valence-corrected chi connectivity index (χ1v) is 11.0. The van der Waals surface area contributed by atoms with Crippen LogP contribution in [0.25, 0.3) is 27.6 Å². The third kappa shape index (κ3) is 3.68. The zero-order valence-electron chi connectivity index (χ0n) is 16.9. The summed E-state index contributed by atoms with van der Waals surface area (Å²) in [6.07, 6.45) is 0. The standard InChI is InChI=1S/C24H20N4O2S/c1-2-30-21-14-8-6-12-19(21)25-22(29)15-31-24-27-17-10-4-3-9-16(17)23-26-18-11-5-7-13-20(18)28(23)24/h3-14H,2,15H2,1H3,(H,25,29). The number of para-hydroxylation sites is 5. The summed E-state index contributed by atoms with van der Waals surface area (Å²) in [5.74, 6) is 0.757. The van der Waals surface area contributed by atoms with Crippen LogP contribution in [-0.4, -0.2) is 32.6 Å². The van der Waals surface area contributed by atoms with Crippen LogP contribution >= 0.6 is 11.8 Å². The molecule has 7 heteroatoms. The number of imidazole rings is 1. The summed E-state index contributed by atoms with van der Waals surface area (Å²) in [4.78, 5) is 22.4. The van der Waals surface area contributed by atoms with Gasteiger partial charge in [-0.2, -0.15) is 0 Å². The Morgan fingerprint density at radius 3 is 2.58 bits per heavy atom. The van der Waals surface area contributed by atoms with Crippen molar-refractivity contribution >= 4 is 50.9 Å². The number of thioether (sulfide) groups is 1. The van der Waals surface area contributed by atoms with Crippen LogP contribution in [0.5, 0.6) is 5.75 Å². The number of carbonyl (C=O) groups excluding carboxylic acids is 1. The summed E-state index contributed by atoms with van der Waals surface area (Å²) in [5.41, 5.74) is 4.24. The van der Waals surface area contributed by atoms with E-state index in [-0.39, 0.29) is 11.7 Å². The molecule has 154 valence electrons. The summed E-state index contributed by atoms with van der Waals surface area (Å²) in [6, 6.07) is 23.3. The maximum absolute atomic E-state index is 12.7. The molecule has 0 unspecified atom stereocenters. The van der Waals surface area contributed by atoms with Gasteiger partial charge in [0.05, 0.1) is 34.6 Å². The lowest BCUT2D eigenvalue weighted by Crippen LogP contribution is -2.15. The van der Waals surface area contributed by atoms with E-state index in [1.54, 1.807) is 0 Å². The molecule has 0 saturated heterocycles. The number of anilines is 1. The molecule has 5 aromatic rings. The molecule has 6 nitrogen and oxygen atoms in total. The molecule has 0 saturated carbocycles. The predicted octanol–water partition coefficient (Wildman–Crippen LogP) is 5.17. The minimum atomic E-state index is -0.121. The first-order chi connectivity index (χ1) is 15.2. The Balaban J connectivity index is 1.48. The molecule has 3 aromatic carbocycles.